The van der Waals surface area contributed by atoms with Crippen molar-refractivity contribution in [1.29, 1.82) is 0 Å². The van der Waals surface area contributed by atoms with Gasteiger partial charge in [0.15, 0.2) is 0 Å². The molecular formula is C17H14N4O6S. The van der Waals surface area contributed by atoms with Crippen LogP contribution in [0.3, 0.4) is 0 Å². The zero-order valence-electron chi connectivity index (χ0n) is 14.5. The molecule has 1 aliphatic rings. The quantitative estimate of drug-likeness (QED) is 0.600. The highest BCUT2D eigenvalue weighted by molar-refractivity contribution is 8.00. The second kappa shape index (κ2) is 7.64. The number of rotatable bonds is 5. The Hall–Kier alpha value is -3.47. The van der Waals surface area contributed by atoms with Crippen LogP contribution in [0.4, 0.5) is 11.4 Å². The first kappa shape index (κ1) is 19.3. The van der Waals surface area contributed by atoms with Gasteiger partial charge in [-0.15, -0.1) is 11.8 Å². The lowest BCUT2D eigenvalue weighted by Gasteiger charge is -2.24. The Balaban J connectivity index is 1.88. The molecule has 10 nitrogen and oxygen atoms in total. The predicted molar refractivity (Wildman–Crippen MR) is 100 cm³/mol. The third-order valence-corrected chi connectivity index (χ3v) is 5.25. The lowest BCUT2D eigenvalue weighted by Crippen LogP contribution is -2.44. The van der Waals surface area contributed by atoms with Gasteiger partial charge in [-0.25, -0.2) is 5.01 Å². The molecule has 0 spiro atoms. The van der Waals surface area contributed by atoms with Crippen molar-refractivity contribution in [2.24, 2.45) is 0 Å². The van der Waals surface area contributed by atoms with Crippen LogP contribution in [0.2, 0.25) is 0 Å². The van der Waals surface area contributed by atoms with E-state index in [0.29, 0.717) is 0 Å². The molecule has 1 aliphatic heterocycles. The summed E-state index contributed by atoms with van der Waals surface area (Å²) < 4.78 is 0. The zero-order valence-corrected chi connectivity index (χ0v) is 15.3. The van der Waals surface area contributed by atoms with Crippen molar-refractivity contribution in [3.05, 3.63) is 79.4 Å². The van der Waals surface area contributed by atoms with Gasteiger partial charge < -0.3 is 0 Å². The van der Waals surface area contributed by atoms with Gasteiger partial charge in [0, 0.05) is 12.1 Å². The maximum Gasteiger partial charge on any atom is 0.277 e. The number of aryl methyl sites for hydroxylation is 1. The molecule has 0 aliphatic carbocycles. The molecule has 1 fully saturated rings. The van der Waals surface area contributed by atoms with Crippen molar-refractivity contribution in [1.82, 2.24) is 10.4 Å². The molecule has 0 aromatic heterocycles. The monoisotopic (exact) mass is 402 g/mol. The Morgan fingerprint density at radius 3 is 2.21 bits per heavy atom. The van der Waals surface area contributed by atoms with E-state index in [1.165, 1.54) is 11.8 Å². The average molecular weight is 402 g/mol. The SMILES string of the molecule is Cc1ccc(C2SCC(=O)N2NC(=O)c2cc([N+](=O)[O-])cc([N+](=O)[O-])c2)cc1. The zero-order chi connectivity index (χ0) is 20.4. The molecule has 2 aromatic carbocycles. The van der Waals surface area contributed by atoms with E-state index in [0.717, 1.165) is 34.3 Å². The van der Waals surface area contributed by atoms with Gasteiger partial charge in [-0.1, -0.05) is 29.8 Å². The molecule has 2 aromatic rings. The van der Waals surface area contributed by atoms with Crippen LogP contribution in [0.1, 0.15) is 26.9 Å². The first-order valence-electron chi connectivity index (χ1n) is 8.01. The summed E-state index contributed by atoms with van der Waals surface area (Å²) >= 11 is 1.32. The summed E-state index contributed by atoms with van der Waals surface area (Å²) in [6.45, 7) is 1.92. The summed E-state index contributed by atoms with van der Waals surface area (Å²) in [5.74, 6) is -1.04. The normalized spacial score (nSPS) is 16.1. The van der Waals surface area contributed by atoms with Crippen molar-refractivity contribution in [3.8, 4) is 0 Å². The minimum Gasteiger partial charge on any atom is -0.272 e. The van der Waals surface area contributed by atoms with Crippen LogP contribution in [0.15, 0.2) is 42.5 Å². The summed E-state index contributed by atoms with van der Waals surface area (Å²) in [6.07, 6.45) is 0. The van der Waals surface area contributed by atoms with E-state index in [9.17, 15) is 29.8 Å². The number of benzene rings is 2. The molecule has 0 bridgehead atoms. The molecule has 28 heavy (non-hydrogen) atoms. The van der Waals surface area contributed by atoms with Gasteiger partial charge >= 0.3 is 0 Å². The van der Waals surface area contributed by atoms with Gasteiger partial charge in [-0.05, 0) is 12.5 Å². The molecule has 2 amide bonds. The fraction of sp³-hybridized carbons (Fsp3) is 0.176. The van der Waals surface area contributed by atoms with E-state index in [1.54, 1.807) is 0 Å². The lowest BCUT2D eigenvalue weighted by atomic mass is 10.1. The molecule has 0 saturated carbocycles. The Morgan fingerprint density at radius 1 is 1.11 bits per heavy atom. The van der Waals surface area contributed by atoms with E-state index >= 15 is 0 Å². The maximum absolute atomic E-state index is 12.6. The van der Waals surface area contributed by atoms with E-state index in [1.807, 2.05) is 31.2 Å². The fourth-order valence-corrected chi connectivity index (χ4v) is 3.74. The van der Waals surface area contributed by atoms with Gasteiger partial charge in [0.1, 0.15) is 5.37 Å². The van der Waals surface area contributed by atoms with Crippen molar-refractivity contribution in [3.63, 3.8) is 0 Å². The number of nitrogens with one attached hydrogen (secondary N) is 1. The summed E-state index contributed by atoms with van der Waals surface area (Å²) in [7, 11) is 0. The average Bonchev–Trinajstić information content (AvgIpc) is 3.02. The molecule has 1 saturated heterocycles. The number of hydrogen-bond acceptors (Lipinski definition) is 7. The molecule has 1 heterocycles. The van der Waals surface area contributed by atoms with Crippen LogP contribution in [-0.2, 0) is 4.79 Å². The topological polar surface area (TPSA) is 136 Å². The Bertz CT molecular complexity index is 946. The fourth-order valence-electron chi connectivity index (χ4n) is 2.63. The summed E-state index contributed by atoms with van der Waals surface area (Å²) in [5, 5.41) is 22.7. The van der Waals surface area contributed by atoms with Crippen molar-refractivity contribution >= 4 is 35.0 Å². The van der Waals surface area contributed by atoms with Gasteiger partial charge in [0.05, 0.1) is 27.2 Å². The maximum atomic E-state index is 12.6. The van der Waals surface area contributed by atoms with Gasteiger partial charge in [0.25, 0.3) is 23.2 Å². The Morgan fingerprint density at radius 2 is 1.68 bits per heavy atom. The predicted octanol–water partition coefficient (Wildman–Crippen LogP) is 2.73. The molecule has 1 unspecified atom stereocenters. The molecule has 0 radical (unpaired) electrons. The number of nitrogens with zero attached hydrogens (tertiary/aromatic N) is 3. The van der Waals surface area contributed by atoms with Crippen LogP contribution < -0.4 is 5.43 Å². The number of thioether (sulfide) groups is 1. The Kier molecular flexibility index (Phi) is 5.27. The third kappa shape index (κ3) is 3.93. The number of hydrazine groups is 1. The van der Waals surface area contributed by atoms with Crippen LogP contribution >= 0.6 is 11.8 Å². The van der Waals surface area contributed by atoms with Crippen molar-refractivity contribution < 1.29 is 19.4 Å². The van der Waals surface area contributed by atoms with Crippen LogP contribution in [-0.4, -0.2) is 32.4 Å². The van der Waals surface area contributed by atoms with Crippen molar-refractivity contribution in [2.45, 2.75) is 12.3 Å². The first-order valence-corrected chi connectivity index (χ1v) is 9.06. The van der Waals surface area contributed by atoms with Crippen LogP contribution in [0.25, 0.3) is 0 Å². The summed E-state index contributed by atoms with van der Waals surface area (Å²) in [4.78, 5) is 45.1. The number of carbonyl (C=O) groups excluding carboxylic acids is 2. The lowest BCUT2D eigenvalue weighted by molar-refractivity contribution is -0.394. The van der Waals surface area contributed by atoms with E-state index in [4.69, 9.17) is 0 Å². The molecule has 144 valence electrons. The highest BCUT2D eigenvalue weighted by atomic mass is 32.2. The molecule has 3 rings (SSSR count). The van der Waals surface area contributed by atoms with Crippen LogP contribution in [0.5, 0.6) is 0 Å². The summed E-state index contributed by atoms with van der Waals surface area (Å²) in [5.41, 5.74) is 2.80. The van der Waals surface area contributed by atoms with E-state index < -0.39 is 32.5 Å². The molecule has 1 N–H and O–H groups in total. The molecular weight excluding hydrogens is 388 g/mol. The third-order valence-electron chi connectivity index (χ3n) is 4.04. The number of nitro groups is 2. The number of nitro benzene ring substituents is 2. The number of carbonyl (C=O) groups is 2. The highest BCUT2D eigenvalue weighted by Crippen LogP contribution is 2.37. The number of hydrogen-bond donors (Lipinski definition) is 1. The van der Waals surface area contributed by atoms with Crippen molar-refractivity contribution in [2.75, 3.05) is 5.75 Å². The first-order chi connectivity index (χ1) is 13.3. The smallest absolute Gasteiger partial charge is 0.272 e. The number of non-ortho nitro benzene ring substituents is 2. The van der Waals surface area contributed by atoms with E-state index in [-0.39, 0.29) is 17.2 Å². The molecule has 11 heteroatoms. The van der Waals surface area contributed by atoms with Gasteiger partial charge in [0.2, 0.25) is 0 Å². The van der Waals surface area contributed by atoms with Crippen LogP contribution in [0, 0.1) is 27.2 Å². The second-order valence-electron chi connectivity index (χ2n) is 6.03. The minimum atomic E-state index is -0.847. The molecule has 1 atom stereocenters. The second-order valence-corrected chi connectivity index (χ2v) is 7.10. The van der Waals surface area contributed by atoms with E-state index in [2.05, 4.69) is 5.43 Å². The largest absolute Gasteiger partial charge is 0.277 e. The van der Waals surface area contributed by atoms with Gasteiger partial charge in [-0.3, -0.25) is 35.2 Å². The summed E-state index contributed by atoms with van der Waals surface area (Å²) in [6, 6.07) is 10.0. The standard InChI is InChI=1S/C17H14N4O6S/c1-10-2-4-11(5-3-10)17-19(15(22)9-28-17)18-16(23)12-6-13(20(24)25)8-14(7-12)21(26)27/h2-8,17H,9H2,1H3,(H,18,23). The highest BCUT2D eigenvalue weighted by Gasteiger charge is 2.35. The van der Waals surface area contributed by atoms with Gasteiger partial charge in [-0.2, -0.15) is 0 Å². The Labute approximate surface area is 162 Å². The number of amides is 2. The minimum absolute atomic E-state index is 0.147.